The largest absolute Gasteiger partial charge is 0.495 e. The van der Waals surface area contributed by atoms with Crippen LogP contribution in [0.25, 0.3) is 0 Å². The van der Waals surface area contributed by atoms with Gasteiger partial charge in [-0.1, -0.05) is 12.1 Å². The normalized spacial score (nSPS) is 11.3. The fourth-order valence-corrected chi connectivity index (χ4v) is 3.69. The Morgan fingerprint density at radius 3 is 2.57 bits per heavy atom. The Bertz CT molecular complexity index is 967. The summed E-state index contributed by atoms with van der Waals surface area (Å²) in [6.07, 6.45) is 1.30. The summed E-state index contributed by atoms with van der Waals surface area (Å²) < 4.78 is 37.8. The van der Waals surface area contributed by atoms with Crippen molar-refractivity contribution < 1.29 is 27.5 Å². The number of carbonyl (C=O) groups is 2. The highest BCUT2D eigenvalue weighted by Crippen LogP contribution is 2.23. The van der Waals surface area contributed by atoms with Gasteiger partial charge >= 0.3 is 5.97 Å². The Labute approximate surface area is 163 Å². The van der Waals surface area contributed by atoms with Gasteiger partial charge in [0, 0.05) is 20.3 Å². The van der Waals surface area contributed by atoms with Crippen LogP contribution in [0, 0.1) is 0 Å². The topological polar surface area (TPSA) is 107 Å². The van der Waals surface area contributed by atoms with E-state index in [9.17, 15) is 18.0 Å². The number of esters is 1. The number of carbonyl (C=O) groups excluding carboxylic acids is 2. The number of nitrogens with one attached hydrogen (secondary N) is 1. The lowest BCUT2D eigenvalue weighted by Gasteiger charge is -2.16. The van der Waals surface area contributed by atoms with Crippen LogP contribution >= 0.6 is 0 Å². The third-order valence-corrected chi connectivity index (χ3v) is 5.69. The van der Waals surface area contributed by atoms with Gasteiger partial charge in [-0.25, -0.2) is 13.2 Å². The van der Waals surface area contributed by atoms with Gasteiger partial charge in [-0.3, -0.25) is 4.79 Å². The molecule has 0 spiro atoms. The van der Waals surface area contributed by atoms with Crippen LogP contribution < -0.4 is 10.1 Å². The van der Waals surface area contributed by atoms with Gasteiger partial charge in [-0.2, -0.15) is 4.31 Å². The van der Waals surface area contributed by atoms with E-state index in [2.05, 4.69) is 5.32 Å². The smallest absolute Gasteiger partial charge is 0.354 e. The zero-order valence-electron chi connectivity index (χ0n) is 16.1. The number of methoxy groups -OCH3 is 1. The standard InChI is InChI=1S/C18H23N3O6S/c1-5-27-18(23)15-10-13(11-20(15)2)28(24,25)21(3)12-17(22)19-14-8-6-7-9-16(14)26-4/h6-11H,5,12H2,1-4H3,(H,19,22). The molecule has 0 saturated heterocycles. The number of nitrogens with zero attached hydrogens (tertiary/aromatic N) is 2. The number of amides is 1. The first-order chi connectivity index (χ1) is 13.2. The van der Waals surface area contributed by atoms with Crippen LogP contribution in [0.15, 0.2) is 41.4 Å². The number of anilines is 1. The van der Waals surface area contributed by atoms with Gasteiger partial charge in [0.25, 0.3) is 0 Å². The molecule has 0 atom stereocenters. The fourth-order valence-electron chi connectivity index (χ4n) is 2.49. The lowest BCUT2D eigenvalue weighted by Crippen LogP contribution is -2.34. The number of likely N-dealkylation sites (N-methyl/N-ethyl adjacent to an activating group) is 1. The molecule has 0 radical (unpaired) electrons. The summed E-state index contributed by atoms with van der Waals surface area (Å²) in [5, 5.41) is 2.62. The van der Waals surface area contributed by atoms with Crippen LogP contribution in [-0.4, -0.2) is 56.5 Å². The molecule has 0 aliphatic carbocycles. The third kappa shape index (κ3) is 4.70. The molecule has 1 heterocycles. The van der Waals surface area contributed by atoms with E-state index >= 15 is 0 Å². The second-order valence-electron chi connectivity index (χ2n) is 5.90. The number of hydrogen-bond donors (Lipinski definition) is 1. The van der Waals surface area contributed by atoms with E-state index in [0.717, 1.165) is 4.31 Å². The Hall–Kier alpha value is -2.85. The summed E-state index contributed by atoms with van der Waals surface area (Å²) in [6, 6.07) is 8.02. The summed E-state index contributed by atoms with van der Waals surface area (Å²) in [6.45, 7) is 1.42. The SMILES string of the molecule is CCOC(=O)c1cc(S(=O)(=O)N(C)CC(=O)Nc2ccccc2OC)cn1C. The molecular formula is C18H23N3O6S. The van der Waals surface area contributed by atoms with Gasteiger partial charge in [-0.05, 0) is 25.1 Å². The Kier molecular flexibility index (Phi) is 6.81. The minimum atomic E-state index is -3.98. The maximum absolute atomic E-state index is 12.7. The number of para-hydroxylation sites is 2. The van der Waals surface area contributed by atoms with E-state index in [1.54, 1.807) is 38.2 Å². The maximum Gasteiger partial charge on any atom is 0.354 e. The van der Waals surface area contributed by atoms with Crippen molar-refractivity contribution in [1.29, 1.82) is 0 Å². The molecule has 0 fully saturated rings. The van der Waals surface area contributed by atoms with Gasteiger partial charge in [0.05, 0.1) is 25.9 Å². The van der Waals surface area contributed by atoms with Gasteiger partial charge in [0.2, 0.25) is 15.9 Å². The van der Waals surface area contributed by atoms with Crippen LogP contribution in [0.2, 0.25) is 0 Å². The zero-order chi connectivity index (χ0) is 20.9. The van der Waals surface area contributed by atoms with Crippen molar-refractivity contribution in [2.75, 3.05) is 32.6 Å². The van der Waals surface area contributed by atoms with Crippen molar-refractivity contribution in [3.05, 3.63) is 42.2 Å². The van der Waals surface area contributed by atoms with Crippen molar-refractivity contribution in [1.82, 2.24) is 8.87 Å². The summed E-state index contributed by atoms with van der Waals surface area (Å²) in [5.74, 6) is -0.691. The predicted molar refractivity (Wildman–Crippen MR) is 103 cm³/mol. The Balaban J connectivity index is 2.14. The minimum absolute atomic E-state index is 0.104. The molecule has 0 unspecified atom stereocenters. The molecular weight excluding hydrogens is 386 g/mol. The zero-order valence-corrected chi connectivity index (χ0v) is 16.9. The first kappa shape index (κ1) is 21.5. The third-order valence-electron chi connectivity index (χ3n) is 3.92. The quantitative estimate of drug-likeness (QED) is 0.662. The number of sulfonamides is 1. The monoisotopic (exact) mass is 409 g/mol. The van der Waals surface area contributed by atoms with Crippen molar-refractivity contribution >= 4 is 27.6 Å². The number of hydrogen-bond acceptors (Lipinski definition) is 6. The van der Waals surface area contributed by atoms with Crippen LogP contribution in [0.4, 0.5) is 5.69 Å². The van der Waals surface area contributed by atoms with Gasteiger partial charge in [0.1, 0.15) is 16.3 Å². The van der Waals surface area contributed by atoms with E-state index in [1.807, 2.05) is 0 Å². The predicted octanol–water partition coefficient (Wildman–Crippen LogP) is 1.47. The summed E-state index contributed by atoms with van der Waals surface area (Å²) in [7, 11) is 0.318. The number of benzene rings is 1. The van der Waals surface area contributed by atoms with E-state index in [4.69, 9.17) is 9.47 Å². The maximum atomic E-state index is 12.7. The van der Waals surface area contributed by atoms with Gasteiger partial charge < -0.3 is 19.4 Å². The molecule has 1 amide bonds. The summed E-state index contributed by atoms with van der Waals surface area (Å²) >= 11 is 0. The highest BCUT2D eigenvalue weighted by atomic mass is 32.2. The second kappa shape index (κ2) is 8.89. The highest BCUT2D eigenvalue weighted by molar-refractivity contribution is 7.89. The average molecular weight is 409 g/mol. The van der Waals surface area contributed by atoms with E-state index in [0.29, 0.717) is 11.4 Å². The molecule has 0 aliphatic heterocycles. The van der Waals surface area contributed by atoms with Crippen LogP contribution in [0.1, 0.15) is 17.4 Å². The number of ether oxygens (including phenoxy) is 2. The highest BCUT2D eigenvalue weighted by Gasteiger charge is 2.27. The summed E-state index contributed by atoms with van der Waals surface area (Å²) in [4.78, 5) is 24.1. The van der Waals surface area contributed by atoms with Crippen molar-refractivity contribution in [3.63, 3.8) is 0 Å². The first-order valence-corrected chi connectivity index (χ1v) is 9.87. The van der Waals surface area contributed by atoms with Crippen LogP contribution in [0.3, 0.4) is 0 Å². The van der Waals surface area contributed by atoms with Crippen LogP contribution in [0.5, 0.6) is 5.75 Å². The molecule has 2 rings (SSSR count). The lowest BCUT2D eigenvalue weighted by atomic mass is 10.3. The minimum Gasteiger partial charge on any atom is -0.495 e. The van der Waals surface area contributed by atoms with Crippen molar-refractivity contribution in [2.45, 2.75) is 11.8 Å². The number of aryl methyl sites for hydroxylation is 1. The van der Waals surface area contributed by atoms with Crippen molar-refractivity contribution in [2.24, 2.45) is 7.05 Å². The molecule has 9 nitrogen and oxygen atoms in total. The molecule has 2 aromatic rings. The molecule has 1 aromatic carbocycles. The van der Waals surface area contributed by atoms with Gasteiger partial charge in [-0.15, -0.1) is 0 Å². The Morgan fingerprint density at radius 2 is 1.93 bits per heavy atom. The molecule has 0 bridgehead atoms. The fraction of sp³-hybridized carbons (Fsp3) is 0.333. The van der Waals surface area contributed by atoms with Gasteiger partial charge in [0.15, 0.2) is 0 Å². The van der Waals surface area contributed by atoms with Crippen LogP contribution in [-0.2, 0) is 26.6 Å². The molecule has 0 saturated carbocycles. The molecule has 152 valence electrons. The summed E-state index contributed by atoms with van der Waals surface area (Å²) in [5.41, 5.74) is 0.539. The van der Waals surface area contributed by atoms with E-state index in [-0.39, 0.29) is 17.2 Å². The number of aromatic nitrogens is 1. The molecule has 1 aromatic heterocycles. The lowest BCUT2D eigenvalue weighted by molar-refractivity contribution is -0.116. The molecule has 10 heteroatoms. The first-order valence-electron chi connectivity index (χ1n) is 8.43. The van der Waals surface area contributed by atoms with E-state index < -0.39 is 28.4 Å². The molecule has 1 N–H and O–H groups in total. The van der Waals surface area contributed by atoms with E-state index in [1.165, 1.54) is 31.0 Å². The molecule has 28 heavy (non-hydrogen) atoms. The van der Waals surface area contributed by atoms with Crippen molar-refractivity contribution in [3.8, 4) is 5.75 Å². The second-order valence-corrected chi connectivity index (χ2v) is 7.95. The average Bonchev–Trinajstić information content (AvgIpc) is 3.05. The number of rotatable bonds is 8. The molecule has 0 aliphatic rings. The Morgan fingerprint density at radius 1 is 1.25 bits per heavy atom.